The lowest BCUT2D eigenvalue weighted by molar-refractivity contribution is -0.133. The largest absolute Gasteiger partial charge is 0.338 e. The number of benzene rings is 2. The Morgan fingerprint density at radius 3 is 2.48 bits per heavy atom. The molecule has 0 aromatic heterocycles. The van der Waals surface area contributed by atoms with E-state index in [1.165, 1.54) is 12.1 Å². The third kappa shape index (κ3) is 4.59. The normalized spacial score (nSPS) is 20.8. The second kappa shape index (κ2) is 8.45. The molecule has 1 amide bonds. The summed E-state index contributed by atoms with van der Waals surface area (Å²) in [6.07, 6.45) is 1.43. The number of hydrogen-bond donors (Lipinski definition) is 1. The topological polar surface area (TPSA) is 46.3 Å². The van der Waals surface area contributed by atoms with Crippen LogP contribution < -0.4 is 5.73 Å². The van der Waals surface area contributed by atoms with E-state index in [0.717, 1.165) is 17.5 Å². The molecule has 1 aliphatic heterocycles. The van der Waals surface area contributed by atoms with Crippen molar-refractivity contribution in [2.45, 2.75) is 37.8 Å². The van der Waals surface area contributed by atoms with E-state index in [9.17, 15) is 9.18 Å². The number of carbonyl (C=O) groups excluding carboxylic acids is 1. The summed E-state index contributed by atoms with van der Waals surface area (Å²) < 4.78 is 13.1. The predicted octanol–water partition coefficient (Wildman–Crippen LogP) is 3.52. The molecule has 0 aliphatic carbocycles. The van der Waals surface area contributed by atoms with Crippen molar-refractivity contribution in [3.63, 3.8) is 0 Å². The molecule has 25 heavy (non-hydrogen) atoms. The van der Waals surface area contributed by atoms with E-state index in [0.29, 0.717) is 13.0 Å². The van der Waals surface area contributed by atoms with Crippen LogP contribution in [0.3, 0.4) is 0 Å². The fraction of sp³-hybridized carbons (Fsp3) is 0.350. The third-order valence-corrected chi connectivity index (χ3v) is 4.81. The van der Waals surface area contributed by atoms with Gasteiger partial charge < -0.3 is 10.6 Å². The highest BCUT2D eigenvalue weighted by molar-refractivity contribution is 5.85. The van der Waals surface area contributed by atoms with E-state index in [1.807, 2.05) is 47.4 Å². The first-order valence-corrected chi connectivity index (χ1v) is 8.40. The van der Waals surface area contributed by atoms with Gasteiger partial charge in [-0.25, -0.2) is 4.39 Å². The molecule has 1 fully saturated rings. The summed E-state index contributed by atoms with van der Waals surface area (Å²) in [7, 11) is 0. The molecule has 0 bridgehead atoms. The first-order valence-electron chi connectivity index (χ1n) is 8.40. The molecule has 2 unspecified atom stereocenters. The van der Waals surface area contributed by atoms with Crippen molar-refractivity contribution in [2.24, 2.45) is 5.73 Å². The van der Waals surface area contributed by atoms with Gasteiger partial charge in [0.1, 0.15) is 5.82 Å². The Labute approximate surface area is 154 Å². The minimum Gasteiger partial charge on any atom is -0.338 e. The second-order valence-electron chi connectivity index (χ2n) is 6.62. The maximum Gasteiger partial charge on any atom is 0.240 e. The highest BCUT2D eigenvalue weighted by atomic mass is 35.5. The Morgan fingerprint density at radius 2 is 1.84 bits per heavy atom. The minimum atomic E-state index is -0.526. The highest BCUT2D eigenvalue weighted by Crippen LogP contribution is 2.32. The Balaban J connectivity index is 0.00000225. The summed E-state index contributed by atoms with van der Waals surface area (Å²) in [6.45, 7) is 2.70. The molecule has 2 aromatic rings. The molecule has 1 heterocycles. The number of likely N-dealkylation sites (tertiary alicyclic amines) is 1. The number of nitrogens with two attached hydrogens (primary N) is 1. The van der Waals surface area contributed by atoms with Gasteiger partial charge >= 0.3 is 0 Å². The SMILES string of the molecule is CC1CC(c2ccc(F)cc2)CN1C(=O)[C@@H](N)Cc1ccccc1.Cl. The average molecular weight is 363 g/mol. The van der Waals surface area contributed by atoms with Crippen LogP contribution in [-0.4, -0.2) is 29.4 Å². The Kier molecular flexibility index (Phi) is 6.57. The summed E-state index contributed by atoms with van der Waals surface area (Å²) in [5.41, 5.74) is 8.30. The fourth-order valence-electron chi connectivity index (χ4n) is 3.48. The lowest BCUT2D eigenvalue weighted by Gasteiger charge is -2.25. The molecule has 134 valence electrons. The number of hydrogen-bond acceptors (Lipinski definition) is 2. The summed E-state index contributed by atoms with van der Waals surface area (Å²) in [5.74, 6) is 0.00653. The minimum absolute atomic E-state index is 0. The van der Waals surface area contributed by atoms with Crippen molar-refractivity contribution in [1.29, 1.82) is 0 Å². The van der Waals surface area contributed by atoms with Crippen LogP contribution in [0.4, 0.5) is 4.39 Å². The number of carbonyl (C=O) groups is 1. The van der Waals surface area contributed by atoms with E-state index in [4.69, 9.17) is 5.73 Å². The fourth-order valence-corrected chi connectivity index (χ4v) is 3.48. The average Bonchev–Trinajstić information content (AvgIpc) is 2.97. The van der Waals surface area contributed by atoms with Gasteiger partial charge in [-0.3, -0.25) is 4.79 Å². The molecule has 0 radical (unpaired) electrons. The predicted molar refractivity (Wildman–Crippen MR) is 100 cm³/mol. The number of rotatable bonds is 4. The van der Waals surface area contributed by atoms with Crippen molar-refractivity contribution in [3.8, 4) is 0 Å². The summed E-state index contributed by atoms with van der Waals surface area (Å²) in [4.78, 5) is 14.6. The Bertz CT molecular complexity index is 693. The van der Waals surface area contributed by atoms with E-state index in [-0.39, 0.29) is 36.1 Å². The zero-order valence-electron chi connectivity index (χ0n) is 14.3. The molecule has 2 aromatic carbocycles. The van der Waals surface area contributed by atoms with Crippen LogP contribution in [0.1, 0.15) is 30.4 Å². The van der Waals surface area contributed by atoms with Gasteiger partial charge in [0.2, 0.25) is 5.91 Å². The zero-order chi connectivity index (χ0) is 17.1. The van der Waals surface area contributed by atoms with Crippen molar-refractivity contribution in [2.75, 3.05) is 6.54 Å². The monoisotopic (exact) mass is 362 g/mol. The Morgan fingerprint density at radius 1 is 1.20 bits per heavy atom. The molecule has 0 saturated carbocycles. The highest BCUT2D eigenvalue weighted by Gasteiger charge is 2.35. The first kappa shape index (κ1) is 19.4. The summed E-state index contributed by atoms with van der Waals surface area (Å²) in [6, 6.07) is 16.0. The molecule has 3 atom stereocenters. The second-order valence-corrected chi connectivity index (χ2v) is 6.62. The molecular formula is C20H24ClFN2O. The van der Waals surface area contributed by atoms with E-state index in [2.05, 4.69) is 6.92 Å². The number of amides is 1. The van der Waals surface area contributed by atoms with Gasteiger partial charge in [0.25, 0.3) is 0 Å². The van der Waals surface area contributed by atoms with Crippen LogP contribution in [-0.2, 0) is 11.2 Å². The quantitative estimate of drug-likeness (QED) is 0.904. The van der Waals surface area contributed by atoms with Crippen molar-refractivity contribution in [3.05, 3.63) is 71.5 Å². The standard InChI is InChI=1S/C20H23FN2O.ClH/c1-14-11-17(16-7-9-18(21)10-8-16)13-23(14)20(24)19(22)12-15-5-3-2-4-6-15;/h2-10,14,17,19H,11-13,22H2,1H3;1H/t14?,17?,19-;/m0./s1. The van der Waals surface area contributed by atoms with Gasteiger partial charge in [0.05, 0.1) is 6.04 Å². The van der Waals surface area contributed by atoms with Crippen LogP contribution in [0, 0.1) is 5.82 Å². The number of nitrogens with zero attached hydrogens (tertiary/aromatic N) is 1. The molecule has 5 heteroatoms. The lowest BCUT2D eigenvalue weighted by atomic mass is 9.97. The van der Waals surface area contributed by atoms with Gasteiger partial charge in [-0.15, -0.1) is 12.4 Å². The molecule has 1 saturated heterocycles. The number of halogens is 2. The van der Waals surface area contributed by atoms with Crippen LogP contribution in [0.15, 0.2) is 54.6 Å². The maximum atomic E-state index is 13.1. The van der Waals surface area contributed by atoms with Crippen molar-refractivity contribution in [1.82, 2.24) is 4.90 Å². The lowest BCUT2D eigenvalue weighted by Crippen LogP contribution is -2.46. The van der Waals surface area contributed by atoms with E-state index >= 15 is 0 Å². The molecule has 0 spiro atoms. The van der Waals surface area contributed by atoms with E-state index < -0.39 is 6.04 Å². The molecular weight excluding hydrogens is 339 g/mol. The van der Waals surface area contributed by atoms with Gasteiger partial charge in [0, 0.05) is 18.5 Å². The maximum absolute atomic E-state index is 13.1. The molecule has 2 N–H and O–H groups in total. The van der Waals surface area contributed by atoms with Crippen LogP contribution in [0.5, 0.6) is 0 Å². The Hall–Kier alpha value is -1.91. The first-order chi connectivity index (χ1) is 11.5. The van der Waals surface area contributed by atoms with Crippen LogP contribution in [0.2, 0.25) is 0 Å². The van der Waals surface area contributed by atoms with Crippen LogP contribution >= 0.6 is 12.4 Å². The summed E-state index contributed by atoms with van der Waals surface area (Å²) >= 11 is 0. The summed E-state index contributed by atoms with van der Waals surface area (Å²) in [5, 5.41) is 0. The van der Waals surface area contributed by atoms with Crippen LogP contribution in [0.25, 0.3) is 0 Å². The third-order valence-electron chi connectivity index (χ3n) is 4.81. The molecule has 1 aliphatic rings. The zero-order valence-corrected chi connectivity index (χ0v) is 15.1. The molecule has 3 nitrogen and oxygen atoms in total. The van der Waals surface area contributed by atoms with Crippen molar-refractivity contribution >= 4 is 18.3 Å². The smallest absolute Gasteiger partial charge is 0.240 e. The van der Waals surface area contributed by atoms with Gasteiger partial charge in [-0.1, -0.05) is 42.5 Å². The van der Waals surface area contributed by atoms with Crippen molar-refractivity contribution < 1.29 is 9.18 Å². The van der Waals surface area contributed by atoms with E-state index in [1.54, 1.807) is 0 Å². The van der Waals surface area contributed by atoms with Gasteiger partial charge in [0.15, 0.2) is 0 Å². The van der Waals surface area contributed by atoms with Gasteiger partial charge in [-0.2, -0.15) is 0 Å². The van der Waals surface area contributed by atoms with Gasteiger partial charge in [-0.05, 0) is 43.0 Å². The molecule has 3 rings (SSSR count).